The van der Waals surface area contributed by atoms with E-state index in [0.717, 1.165) is 64.2 Å². The van der Waals surface area contributed by atoms with Gasteiger partial charge in [-0.25, -0.2) is 24.0 Å². The molecule has 20 atom stereocenters. The van der Waals surface area contributed by atoms with Crippen molar-refractivity contribution in [3.05, 3.63) is 60.8 Å². The van der Waals surface area contributed by atoms with E-state index in [-0.39, 0.29) is 108 Å². The van der Waals surface area contributed by atoms with Crippen LogP contribution in [0.4, 0.5) is 0 Å². The predicted octanol–water partition coefficient (Wildman–Crippen LogP) is 10.0. The second-order valence-corrected chi connectivity index (χ2v) is 31.0. The third-order valence-electron chi connectivity index (χ3n) is 23.1. The minimum absolute atomic E-state index is 0.000469. The highest BCUT2D eigenvalue weighted by Crippen LogP contribution is 2.64. The van der Waals surface area contributed by atoms with E-state index >= 15 is 0 Å². The van der Waals surface area contributed by atoms with E-state index < -0.39 is 93.6 Å². The van der Waals surface area contributed by atoms with E-state index in [4.69, 9.17) is 52.1 Å². The molecule has 5 aliphatic heterocycles. The molecule has 0 aromatic rings. The predicted molar refractivity (Wildman–Crippen MR) is 353 cm³/mol. The molecule has 99 heavy (non-hydrogen) atoms. The standard InChI is InChI=1S/C24H32O6.C14H20O4.C13H18O5.C13H18O4.C12H16O4/c1-4-22(2,3)20(26)30-24-11-14-8-15(12-24)10-23(9-14,13-24)21(27)29-18-16-6-5-7-17(16)28-19(18)25;1-4-14(2,3)13(16)18-11-9-7-5-6-8-10(9)17-12(11)15;1-3-13(2,7-14)12(16)18-10-8-5-4-6-9(8)17-11(10)15;1-3-8(2)12(14)17-11-9-6-4-5-7-10(9)16-13(11)15;1-3-7(2)11(13)16-10-8-5-4-6-9(8)15-12(10)14/h5,7,14-18H,4,6,8-13H2,1-3H3;6,8-11H,4-5,7H2,1-3H3;4,6,8-10,14H,3,5,7H2,1-2H3;5,7-11H,3-4,6H2,1-2H3;4,6-10H,3,5H2,1-2H3. The molecule has 14 aliphatic rings. The molecule has 546 valence electrons. The maximum Gasteiger partial charge on any atom is 0.348 e. The summed E-state index contributed by atoms with van der Waals surface area (Å²) in [4.78, 5) is 133. The van der Waals surface area contributed by atoms with Gasteiger partial charge in [0.25, 0.3) is 0 Å². The van der Waals surface area contributed by atoms with Gasteiger partial charge in [-0.05, 0) is 186 Å². The summed E-state index contributed by atoms with van der Waals surface area (Å²) in [6, 6.07) is 0. The second-order valence-electron chi connectivity index (χ2n) is 31.0. The number of carbonyl (C=O) groups excluding carboxylic acids is 11. The molecule has 0 amide bonds. The minimum Gasteiger partial charge on any atom is -0.459 e. The van der Waals surface area contributed by atoms with Crippen molar-refractivity contribution in [2.45, 2.75) is 265 Å². The lowest BCUT2D eigenvalue weighted by Gasteiger charge is -2.60. The number of aliphatic hydroxyl groups excluding tert-OH is 1. The van der Waals surface area contributed by atoms with Gasteiger partial charge in [-0.15, -0.1) is 0 Å². The number of aliphatic hydroxyl groups is 1. The Morgan fingerprint density at radius 2 is 0.828 bits per heavy atom. The van der Waals surface area contributed by atoms with Gasteiger partial charge in [-0.2, -0.15) is 0 Å². The number of hydrogen-bond donors (Lipinski definition) is 1. The van der Waals surface area contributed by atoms with Crippen LogP contribution >= 0.6 is 0 Å². The van der Waals surface area contributed by atoms with Gasteiger partial charge >= 0.3 is 65.7 Å². The third kappa shape index (κ3) is 16.6. The molecule has 0 spiro atoms. The number of carbonyl (C=O) groups is 11. The normalized spacial score (nSPS) is 35.8. The summed E-state index contributed by atoms with van der Waals surface area (Å²) in [6.07, 6.45) is 28.0. The quantitative estimate of drug-likeness (QED) is 0.0757. The zero-order chi connectivity index (χ0) is 72.1. The average molecular weight is 1390 g/mol. The van der Waals surface area contributed by atoms with E-state index in [0.29, 0.717) is 63.2 Å². The van der Waals surface area contributed by atoms with Crippen LogP contribution in [-0.4, -0.2) is 144 Å². The summed E-state index contributed by atoms with van der Waals surface area (Å²) in [5, 5.41) is 9.25. The molecule has 1 N–H and O–H groups in total. The Morgan fingerprint density at radius 3 is 1.22 bits per heavy atom. The van der Waals surface area contributed by atoms with Crippen LogP contribution < -0.4 is 0 Å². The third-order valence-corrected chi connectivity index (χ3v) is 23.1. The molecule has 0 aromatic carbocycles. The van der Waals surface area contributed by atoms with Crippen LogP contribution in [-0.2, 0) is 105 Å². The summed E-state index contributed by atoms with van der Waals surface area (Å²) < 4.78 is 59.3. The van der Waals surface area contributed by atoms with Crippen molar-refractivity contribution in [2.75, 3.05) is 6.61 Å². The fourth-order valence-corrected chi connectivity index (χ4v) is 15.4. The van der Waals surface area contributed by atoms with Crippen molar-refractivity contribution in [2.24, 2.45) is 74.9 Å². The zero-order valence-electron chi connectivity index (χ0n) is 59.6. The van der Waals surface area contributed by atoms with Gasteiger partial charge in [0.15, 0.2) is 0 Å². The Morgan fingerprint density at radius 1 is 0.475 bits per heavy atom. The lowest BCUT2D eigenvalue weighted by Crippen LogP contribution is -2.61. The number of allylic oxidation sites excluding steroid dienone is 5. The first kappa shape index (κ1) is 76.0. The zero-order valence-corrected chi connectivity index (χ0v) is 59.6. The molecule has 5 saturated heterocycles. The van der Waals surface area contributed by atoms with Crippen molar-refractivity contribution in [3.8, 4) is 0 Å². The smallest absolute Gasteiger partial charge is 0.348 e. The summed E-state index contributed by atoms with van der Waals surface area (Å²) in [7, 11) is 0. The van der Waals surface area contributed by atoms with Gasteiger partial charge in [0.05, 0.1) is 57.9 Å². The van der Waals surface area contributed by atoms with Crippen LogP contribution in [0.25, 0.3) is 0 Å². The second kappa shape index (κ2) is 31.4. The first-order valence-corrected chi connectivity index (χ1v) is 36.1. The van der Waals surface area contributed by atoms with Gasteiger partial charge in [0.1, 0.15) is 36.1 Å². The first-order chi connectivity index (χ1) is 46.9. The summed E-state index contributed by atoms with van der Waals surface area (Å²) in [6.45, 7) is 22.0. The van der Waals surface area contributed by atoms with Crippen molar-refractivity contribution < 1.29 is 110 Å². The van der Waals surface area contributed by atoms with Crippen molar-refractivity contribution >= 4 is 65.7 Å². The molecule has 23 heteroatoms. The molecular formula is C76H104O23. The highest BCUT2D eigenvalue weighted by molar-refractivity contribution is 5.87. The molecule has 5 heterocycles. The van der Waals surface area contributed by atoms with Crippen LogP contribution in [0.2, 0.25) is 0 Å². The van der Waals surface area contributed by atoms with Gasteiger partial charge in [-0.1, -0.05) is 78.8 Å². The molecule has 20 unspecified atom stereocenters. The topological polar surface area (TPSA) is 310 Å². The number of ether oxygens (including phenoxy) is 11. The van der Waals surface area contributed by atoms with Crippen molar-refractivity contribution in [1.29, 1.82) is 0 Å². The average Bonchev–Trinajstić information content (AvgIpc) is 1.49. The van der Waals surface area contributed by atoms with E-state index in [9.17, 15) is 57.8 Å². The lowest BCUT2D eigenvalue weighted by atomic mass is 9.48. The fraction of sp³-hybridized carbons (Fsp3) is 0.724. The Balaban J connectivity index is 0.000000148. The Bertz CT molecular complexity index is 3180. The van der Waals surface area contributed by atoms with E-state index in [1.165, 1.54) is 0 Å². The van der Waals surface area contributed by atoms with E-state index in [1.54, 1.807) is 27.7 Å². The van der Waals surface area contributed by atoms with Gasteiger partial charge in [0, 0.05) is 18.3 Å². The molecule has 0 aromatic heterocycles. The summed E-state index contributed by atoms with van der Waals surface area (Å²) in [5.74, 6) is -3.90. The maximum absolute atomic E-state index is 13.5. The van der Waals surface area contributed by atoms with Gasteiger partial charge in [-0.3, -0.25) is 28.8 Å². The van der Waals surface area contributed by atoms with Crippen LogP contribution in [0.1, 0.15) is 199 Å². The lowest BCUT2D eigenvalue weighted by molar-refractivity contribution is -0.220. The SMILES string of the molecule is CCC(C)(C)C(=O)OC12CC3CC(C1)CC(C(=O)OC1C(=O)OC4C=CCC41)(C3)C2.CCC(C)(C)C(=O)OC1C(=O)OC2C=CCCC21.CCC(C)(CO)C(=O)OC1C(=O)OC2C=CCC21.CCC(C)C(=O)OC1C(=O)OC2C=CCC21.CCC(C)C(=O)OC1C(=O)OC2C=CCCC21. The largest absolute Gasteiger partial charge is 0.459 e. The molecule has 14 rings (SSSR count). The molecule has 9 aliphatic carbocycles. The first-order valence-electron chi connectivity index (χ1n) is 36.1. The van der Waals surface area contributed by atoms with Crippen molar-refractivity contribution in [3.63, 3.8) is 0 Å². The molecule has 4 bridgehead atoms. The fourth-order valence-electron chi connectivity index (χ4n) is 15.4. The van der Waals surface area contributed by atoms with E-state index in [1.807, 2.05) is 116 Å². The Labute approximate surface area is 580 Å². The van der Waals surface area contributed by atoms with Crippen LogP contribution in [0.5, 0.6) is 0 Å². The summed E-state index contributed by atoms with van der Waals surface area (Å²) >= 11 is 0. The molecule has 4 saturated carbocycles. The monoisotopic (exact) mass is 1380 g/mol. The number of rotatable bonds is 18. The van der Waals surface area contributed by atoms with Gasteiger partial charge in [0.2, 0.25) is 30.5 Å². The number of hydrogen-bond acceptors (Lipinski definition) is 23. The number of esters is 11. The Hall–Kier alpha value is -7.17. The van der Waals surface area contributed by atoms with Gasteiger partial charge < -0.3 is 57.2 Å². The van der Waals surface area contributed by atoms with Crippen LogP contribution in [0, 0.1) is 74.9 Å². The Kier molecular flexibility index (Phi) is 24.1. The minimum atomic E-state index is -0.954. The highest BCUT2D eigenvalue weighted by Gasteiger charge is 2.65. The van der Waals surface area contributed by atoms with E-state index in [2.05, 4.69) is 0 Å². The summed E-state index contributed by atoms with van der Waals surface area (Å²) in [5.41, 5.74) is -3.26. The molecule has 23 nitrogen and oxygen atoms in total. The molecule has 0 radical (unpaired) electrons. The number of fused-ring (bicyclic) bond motifs is 5. The van der Waals surface area contributed by atoms with Crippen molar-refractivity contribution in [1.82, 2.24) is 0 Å². The maximum atomic E-state index is 13.5. The highest BCUT2D eigenvalue weighted by atomic mass is 16.6. The van der Waals surface area contributed by atoms with Crippen LogP contribution in [0.3, 0.4) is 0 Å². The molecule has 9 fully saturated rings. The molecular weight excluding hydrogens is 1280 g/mol. The van der Waals surface area contributed by atoms with Crippen LogP contribution in [0.15, 0.2) is 60.8 Å².